The topological polar surface area (TPSA) is 83.5 Å². The summed E-state index contributed by atoms with van der Waals surface area (Å²) in [5.41, 5.74) is 0.788. The van der Waals surface area contributed by atoms with E-state index in [-0.39, 0.29) is 5.92 Å². The molecule has 2 rings (SSSR count). The van der Waals surface area contributed by atoms with Crippen molar-refractivity contribution in [3.05, 3.63) is 35.9 Å². The van der Waals surface area contributed by atoms with Crippen LogP contribution in [-0.2, 0) is 15.1 Å². The minimum Gasteiger partial charge on any atom is -0.273 e. The number of carbonyl (C=O) groups is 1. The van der Waals surface area contributed by atoms with Crippen molar-refractivity contribution >= 4 is 16.2 Å². The standard InChI is InChI=1S/C13H17NO4S/c15-13(14-19(16,17)18)12(11-8-4-5-9-11)10-6-2-1-3-7-10/h1-3,6-7,11-12H,4-5,8-9H2,(H,14,15)(H,16,17,18). The van der Waals surface area contributed by atoms with Gasteiger partial charge in [0.1, 0.15) is 0 Å². The molecule has 1 unspecified atom stereocenters. The van der Waals surface area contributed by atoms with Gasteiger partial charge in [-0.25, -0.2) is 4.72 Å². The lowest BCUT2D eigenvalue weighted by Gasteiger charge is -2.22. The molecule has 19 heavy (non-hydrogen) atoms. The van der Waals surface area contributed by atoms with E-state index in [2.05, 4.69) is 0 Å². The zero-order valence-corrected chi connectivity index (χ0v) is 11.3. The Morgan fingerprint density at radius 3 is 2.32 bits per heavy atom. The largest absolute Gasteiger partial charge is 0.359 e. The minimum atomic E-state index is -4.51. The molecular weight excluding hydrogens is 266 g/mol. The van der Waals surface area contributed by atoms with Crippen molar-refractivity contribution in [3.8, 4) is 0 Å². The van der Waals surface area contributed by atoms with Crippen LogP contribution in [-0.4, -0.2) is 18.9 Å². The van der Waals surface area contributed by atoms with Gasteiger partial charge in [0.05, 0.1) is 5.92 Å². The van der Waals surface area contributed by atoms with Crippen LogP contribution in [0.25, 0.3) is 0 Å². The van der Waals surface area contributed by atoms with Gasteiger partial charge in [0, 0.05) is 0 Å². The van der Waals surface area contributed by atoms with Crippen molar-refractivity contribution in [1.29, 1.82) is 0 Å². The Hall–Kier alpha value is -1.40. The molecule has 1 aromatic carbocycles. The first kappa shape index (κ1) is 14.0. The molecule has 0 aliphatic heterocycles. The van der Waals surface area contributed by atoms with Crippen LogP contribution < -0.4 is 4.72 Å². The van der Waals surface area contributed by atoms with Gasteiger partial charge in [-0.05, 0) is 24.3 Å². The van der Waals surface area contributed by atoms with Crippen molar-refractivity contribution in [2.45, 2.75) is 31.6 Å². The Labute approximate surface area is 112 Å². The fourth-order valence-electron chi connectivity index (χ4n) is 2.78. The van der Waals surface area contributed by atoms with E-state index in [1.54, 1.807) is 4.72 Å². The average molecular weight is 283 g/mol. The minimum absolute atomic E-state index is 0.129. The predicted molar refractivity (Wildman–Crippen MR) is 70.8 cm³/mol. The van der Waals surface area contributed by atoms with Crippen LogP contribution in [0.15, 0.2) is 30.3 Å². The van der Waals surface area contributed by atoms with E-state index in [1.807, 2.05) is 30.3 Å². The summed E-state index contributed by atoms with van der Waals surface area (Å²) in [4.78, 5) is 12.1. The van der Waals surface area contributed by atoms with Crippen LogP contribution in [0, 0.1) is 5.92 Å². The molecular formula is C13H17NO4S. The maximum absolute atomic E-state index is 12.1. The lowest BCUT2D eigenvalue weighted by Crippen LogP contribution is -2.36. The van der Waals surface area contributed by atoms with E-state index in [9.17, 15) is 13.2 Å². The van der Waals surface area contributed by atoms with Crippen molar-refractivity contribution in [1.82, 2.24) is 4.72 Å². The molecule has 1 saturated carbocycles. The highest BCUT2D eigenvalue weighted by molar-refractivity contribution is 7.84. The van der Waals surface area contributed by atoms with Gasteiger partial charge < -0.3 is 0 Å². The van der Waals surface area contributed by atoms with Gasteiger partial charge in [0.25, 0.3) is 0 Å². The number of hydrogen-bond acceptors (Lipinski definition) is 3. The van der Waals surface area contributed by atoms with Gasteiger partial charge in [-0.3, -0.25) is 9.35 Å². The molecule has 0 aromatic heterocycles. The number of benzene rings is 1. The van der Waals surface area contributed by atoms with Crippen LogP contribution in [0.1, 0.15) is 37.2 Å². The summed E-state index contributed by atoms with van der Waals surface area (Å²) in [7, 11) is -4.51. The quantitative estimate of drug-likeness (QED) is 0.826. The van der Waals surface area contributed by atoms with Gasteiger partial charge in [-0.2, -0.15) is 8.42 Å². The molecule has 6 heteroatoms. The number of carbonyl (C=O) groups excluding carboxylic acids is 1. The SMILES string of the molecule is O=C(NS(=O)(=O)O)C(c1ccccc1)C1CCCC1. The summed E-state index contributed by atoms with van der Waals surface area (Å²) < 4.78 is 32.1. The Morgan fingerprint density at radius 2 is 1.79 bits per heavy atom. The predicted octanol–water partition coefficient (Wildman–Crippen LogP) is 1.88. The molecule has 1 aliphatic carbocycles. The summed E-state index contributed by atoms with van der Waals surface area (Å²) in [5.74, 6) is -1.05. The Kier molecular flexibility index (Phi) is 4.21. The van der Waals surface area contributed by atoms with E-state index >= 15 is 0 Å². The summed E-state index contributed by atoms with van der Waals surface area (Å²) in [6.07, 6.45) is 3.90. The number of nitrogens with one attached hydrogen (secondary N) is 1. The van der Waals surface area contributed by atoms with Crippen LogP contribution in [0.5, 0.6) is 0 Å². The molecule has 1 atom stereocenters. The third kappa shape index (κ3) is 3.78. The molecule has 0 saturated heterocycles. The summed E-state index contributed by atoms with van der Waals surface area (Å²) in [6, 6.07) is 9.10. The van der Waals surface area contributed by atoms with Gasteiger partial charge >= 0.3 is 10.3 Å². The summed E-state index contributed by atoms with van der Waals surface area (Å²) >= 11 is 0. The molecule has 1 fully saturated rings. The van der Waals surface area contributed by atoms with Crippen molar-refractivity contribution in [2.75, 3.05) is 0 Å². The summed E-state index contributed by atoms with van der Waals surface area (Å²) in [5, 5.41) is 0. The molecule has 0 radical (unpaired) electrons. The molecule has 0 spiro atoms. The molecule has 5 nitrogen and oxygen atoms in total. The maximum atomic E-state index is 12.1. The third-order valence-electron chi connectivity index (χ3n) is 3.54. The van der Waals surface area contributed by atoms with E-state index in [0.717, 1.165) is 31.2 Å². The highest BCUT2D eigenvalue weighted by Gasteiger charge is 2.33. The van der Waals surface area contributed by atoms with Crippen LogP contribution in [0.3, 0.4) is 0 Å². The van der Waals surface area contributed by atoms with Crippen LogP contribution in [0.4, 0.5) is 0 Å². The first-order valence-electron chi connectivity index (χ1n) is 6.31. The number of amides is 1. The number of rotatable bonds is 4. The second kappa shape index (κ2) is 5.71. The lowest BCUT2D eigenvalue weighted by atomic mass is 9.84. The Bertz CT molecular complexity index is 535. The molecule has 1 amide bonds. The maximum Gasteiger partial charge on any atom is 0.359 e. The molecule has 2 N–H and O–H groups in total. The fourth-order valence-corrected chi connectivity index (χ4v) is 3.16. The average Bonchev–Trinajstić information content (AvgIpc) is 2.82. The lowest BCUT2D eigenvalue weighted by molar-refractivity contribution is -0.122. The van der Waals surface area contributed by atoms with Crippen molar-refractivity contribution in [3.63, 3.8) is 0 Å². The number of hydrogen-bond donors (Lipinski definition) is 2. The van der Waals surface area contributed by atoms with Crippen LogP contribution in [0.2, 0.25) is 0 Å². The second-order valence-electron chi connectivity index (χ2n) is 4.87. The normalized spacial score (nSPS) is 18.2. The second-order valence-corrected chi connectivity index (χ2v) is 6.03. The fraction of sp³-hybridized carbons (Fsp3) is 0.462. The van der Waals surface area contributed by atoms with Crippen LogP contribution >= 0.6 is 0 Å². The van der Waals surface area contributed by atoms with Crippen molar-refractivity contribution < 1.29 is 17.8 Å². The first-order chi connectivity index (χ1) is 8.97. The molecule has 1 aliphatic rings. The Morgan fingerprint density at radius 1 is 1.21 bits per heavy atom. The van der Waals surface area contributed by atoms with E-state index in [4.69, 9.17) is 4.55 Å². The van der Waals surface area contributed by atoms with E-state index < -0.39 is 22.1 Å². The van der Waals surface area contributed by atoms with E-state index in [0.29, 0.717) is 0 Å². The zero-order chi connectivity index (χ0) is 13.9. The monoisotopic (exact) mass is 283 g/mol. The highest BCUT2D eigenvalue weighted by Crippen LogP contribution is 2.37. The molecule has 0 heterocycles. The van der Waals surface area contributed by atoms with Gasteiger partial charge in [0.2, 0.25) is 5.91 Å². The molecule has 1 aromatic rings. The first-order valence-corrected chi connectivity index (χ1v) is 7.75. The smallest absolute Gasteiger partial charge is 0.273 e. The van der Waals surface area contributed by atoms with Gasteiger partial charge in [0.15, 0.2) is 0 Å². The van der Waals surface area contributed by atoms with Gasteiger partial charge in [-0.1, -0.05) is 43.2 Å². The van der Waals surface area contributed by atoms with Crippen molar-refractivity contribution in [2.24, 2.45) is 5.92 Å². The molecule has 104 valence electrons. The third-order valence-corrected chi connectivity index (χ3v) is 4.00. The molecule has 0 bridgehead atoms. The summed E-state index contributed by atoms with van der Waals surface area (Å²) in [6.45, 7) is 0. The van der Waals surface area contributed by atoms with E-state index in [1.165, 1.54) is 0 Å². The zero-order valence-electron chi connectivity index (χ0n) is 10.5. The Balaban J connectivity index is 2.26. The highest BCUT2D eigenvalue weighted by atomic mass is 32.2. The van der Waals surface area contributed by atoms with Gasteiger partial charge in [-0.15, -0.1) is 0 Å².